The number of rotatable bonds is 2. The lowest BCUT2D eigenvalue weighted by Crippen LogP contribution is -2.30. The molecule has 1 N–H and O–H groups in total. The number of methoxy groups -OCH3 is 1. The first-order chi connectivity index (χ1) is 36.4. The molecule has 0 radical (unpaired) electrons. The van der Waals surface area contributed by atoms with Crippen molar-refractivity contribution in [2.45, 2.75) is 227 Å². The van der Waals surface area contributed by atoms with Crippen molar-refractivity contribution in [3.05, 3.63) is 162 Å². The van der Waals surface area contributed by atoms with E-state index in [9.17, 15) is 0 Å². The van der Waals surface area contributed by atoms with E-state index in [1.54, 1.807) is 19.6 Å². The van der Waals surface area contributed by atoms with Gasteiger partial charge < -0.3 is 23.6 Å². The second-order valence-electron chi connectivity index (χ2n) is 28.2. The minimum Gasteiger partial charge on any atom is -0.481 e. The maximum Gasteiger partial charge on any atom is 0.212 e. The van der Waals surface area contributed by atoms with Crippen LogP contribution in [0.3, 0.4) is 0 Å². The number of piperidine rings is 1. The summed E-state index contributed by atoms with van der Waals surface area (Å²) in [7, 11) is 5.65. The van der Waals surface area contributed by atoms with E-state index in [2.05, 4.69) is 248 Å². The maximum absolute atomic E-state index is 4.97. The molecule has 0 amide bonds. The Morgan fingerprint density at radius 3 is 1.40 bits per heavy atom. The number of aryl methyl sites for hydroxylation is 2. The summed E-state index contributed by atoms with van der Waals surface area (Å²) in [5.41, 5.74) is 12.3. The minimum atomic E-state index is 0. The molecular formula is C73H122N8O2. The zero-order valence-corrected chi connectivity index (χ0v) is 53.8. The Morgan fingerprint density at radius 1 is 0.530 bits per heavy atom. The molecule has 466 valence electrons. The lowest BCUT2D eigenvalue weighted by Gasteiger charge is -2.28. The van der Waals surface area contributed by atoms with Crippen LogP contribution in [0.15, 0.2) is 138 Å². The Morgan fingerprint density at radius 2 is 1.06 bits per heavy atom. The van der Waals surface area contributed by atoms with Gasteiger partial charge in [-0.2, -0.15) is 5.10 Å². The van der Waals surface area contributed by atoms with Gasteiger partial charge in [0.15, 0.2) is 0 Å². The maximum atomic E-state index is 4.97. The number of allylic oxidation sites excluding steroid dienone is 1. The Labute approximate surface area is 509 Å². The molecule has 7 aromatic rings. The highest BCUT2D eigenvalue weighted by molar-refractivity contribution is 5.81. The molecule has 8 heterocycles. The summed E-state index contributed by atoms with van der Waals surface area (Å²) in [5.74, 6) is 1.82. The van der Waals surface area contributed by atoms with Crippen LogP contribution in [0.1, 0.15) is 228 Å². The molecule has 10 nitrogen and oxygen atoms in total. The van der Waals surface area contributed by atoms with E-state index < -0.39 is 0 Å². The van der Waals surface area contributed by atoms with Crippen LogP contribution >= 0.6 is 0 Å². The van der Waals surface area contributed by atoms with Gasteiger partial charge >= 0.3 is 0 Å². The highest BCUT2D eigenvalue weighted by Gasteiger charge is 2.20. The van der Waals surface area contributed by atoms with Gasteiger partial charge in [-0.3, -0.25) is 9.67 Å². The second kappa shape index (κ2) is 34.0. The molecule has 2 aliphatic heterocycles. The molecule has 0 bridgehead atoms. The molecule has 0 saturated carbocycles. The Balaban J connectivity index is 0. The fourth-order valence-corrected chi connectivity index (χ4v) is 7.96. The van der Waals surface area contributed by atoms with Gasteiger partial charge in [0, 0.05) is 82.2 Å². The number of fused-ring (bicyclic) bond motifs is 1. The van der Waals surface area contributed by atoms with Crippen molar-refractivity contribution in [2.24, 2.45) is 24.5 Å². The summed E-state index contributed by atoms with van der Waals surface area (Å²) in [6, 6.07) is 21.3. The number of furan rings is 1. The van der Waals surface area contributed by atoms with Gasteiger partial charge in [-0.25, -0.2) is 9.97 Å². The van der Waals surface area contributed by atoms with Crippen molar-refractivity contribution in [3.63, 3.8) is 0 Å². The third-order valence-electron chi connectivity index (χ3n) is 13.9. The van der Waals surface area contributed by atoms with Crippen LogP contribution < -0.4 is 9.64 Å². The molecule has 10 heteroatoms. The smallest absolute Gasteiger partial charge is 0.212 e. The fourth-order valence-electron chi connectivity index (χ4n) is 7.96. The van der Waals surface area contributed by atoms with Crippen molar-refractivity contribution in [3.8, 4) is 5.88 Å². The standard InChI is InChI=1S/C14H22N2.C13H17N.C10H15NO.C8H14N2.2C8H13N.C8H12O.4CH4/c1-14(2,3)12-7-8-13(15-11-12)16-9-5-4-6-10-16;1-13(2,3)11-5-6-12-10(9-11)7-8-14(12)4;1-10(2,3)8-5-6-9(12-4)11-7-8;1-8(2,3)7-5-9-10(4)6-7;3*1-8(2,3)7-4-5-9-6-7;;;;/h7-8,11H,4-6,9-10H2,1-3H3;5-9H,1-4H3;5-7H,1-4H3;5-6H,1-4H3;4-5H,6H2,1-3H3;4-6,9H,1-3H3;4-6H,1-3H3;4*1H4. The molecule has 0 aliphatic carbocycles. The minimum absolute atomic E-state index is 0. The largest absolute Gasteiger partial charge is 0.481 e. The van der Waals surface area contributed by atoms with E-state index in [1.165, 1.54) is 82.2 Å². The molecule has 6 aromatic heterocycles. The predicted molar refractivity (Wildman–Crippen MR) is 367 cm³/mol. The number of H-pyrrole nitrogens is 1. The summed E-state index contributed by atoms with van der Waals surface area (Å²) < 4.78 is 13.9. The molecule has 0 atom stereocenters. The Kier molecular flexibility index (Phi) is 32.3. The van der Waals surface area contributed by atoms with Crippen LogP contribution in [0.4, 0.5) is 5.82 Å². The monoisotopic (exact) mass is 1140 g/mol. The predicted octanol–water partition coefficient (Wildman–Crippen LogP) is 20.4. The molecular weight excluding hydrogens is 1020 g/mol. The lowest BCUT2D eigenvalue weighted by molar-refractivity contribution is 0.397. The van der Waals surface area contributed by atoms with Crippen molar-refractivity contribution in [2.75, 3.05) is 31.6 Å². The molecule has 1 fully saturated rings. The number of pyridine rings is 2. The van der Waals surface area contributed by atoms with Crippen LogP contribution in [0.2, 0.25) is 0 Å². The van der Waals surface area contributed by atoms with Gasteiger partial charge in [0.1, 0.15) is 5.82 Å². The van der Waals surface area contributed by atoms with Crippen molar-refractivity contribution in [1.29, 1.82) is 0 Å². The average Bonchev–Trinajstić information content (AvgIpc) is 4.23. The van der Waals surface area contributed by atoms with Crippen molar-refractivity contribution in [1.82, 2.24) is 29.3 Å². The van der Waals surface area contributed by atoms with Crippen LogP contribution in [0.5, 0.6) is 5.88 Å². The number of ether oxygens (including phenoxy) is 1. The number of aliphatic imine (C=N–C) groups is 1. The van der Waals surface area contributed by atoms with Crippen LogP contribution in [-0.2, 0) is 46.6 Å². The molecule has 83 heavy (non-hydrogen) atoms. The van der Waals surface area contributed by atoms with E-state index in [0.717, 1.165) is 12.4 Å². The number of aromatic amines is 1. The number of hydrogen-bond donors (Lipinski definition) is 1. The van der Waals surface area contributed by atoms with Crippen LogP contribution in [0, 0.1) is 5.41 Å². The quantitative estimate of drug-likeness (QED) is 0.185. The van der Waals surface area contributed by atoms with Crippen molar-refractivity contribution < 1.29 is 9.15 Å². The van der Waals surface area contributed by atoms with Gasteiger partial charge in [0.25, 0.3) is 0 Å². The normalized spacial score (nSPS) is 13.1. The summed E-state index contributed by atoms with van der Waals surface area (Å²) >= 11 is 0. The van der Waals surface area contributed by atoms with Crippen molar-refractivity contribution >= 4 is 22.9 Å². The van der Waals surface area contributed by atoms with E-state index >= 15 is 0 Å². The average molecular weight is 1140 g/mol. The summed E-state index contributed by atoms with van der Waals surface area (Å²) in [4.78, 5) is 18.3. The zero-order valence-electron chi connectivity index (χ0n) is 53.8. The third-order valence-corrected chi connectivity index (χ3v) is 13.9. The van der Waals surface area contributed by atoms with Gasteiger partial charge in [0.2, 0.25) is 5.88 Å². The van der Waals surface area contributed by atoms with E-state index in [-0.39, 0.29) is 56.8 Å². The molecule has 1 saturated heterocycles. The Hall–Kier alpha value is -6.16. The SMILES string of the molecule is C.C.C.C.CC(C)(C)C1=CC=NC1.CC(C)(C)c1cc[nH]c1.CC(C)(C)c1ccc(N2CCCCC2)nc1.CC(C)(C)c1ccoc1.COc1ccc(C(C)(C)C)cn1.Cn1cc(C(C)(C)C)cn1.Cn1ccc2cc(C(C)(C)C)ccc21. The first kappa shape index (κ1) is 78.9. The molecule has 9 rings (SSSR count). The van der Waals surface area contributed by atoms with Gasteiger partial charge in [0.05, 0.1) is 32.4 Å². The molecule has 2 aliphatic rings. The Bertz CT molecular complexity index is 2800. The summed E-state index contributed by atoms with van der Waals surface area (Å²) in [6.07, 6.45) is 25.5. The first-order valence-corrected chi connectivity index (χ1v) is 28.5. The van der Waals surface area contributed by atoms with Gasteiger partial charge in [-0.15, -0.1) is 0 Å². The topological polar surface area (TPSA) is 102 Å². The highest BCUT2D eigenvalue weighted by atomic mass is 16.5. The molecule has 0 unspecified atom stereocenters. The molecule has 0 spiro atoms. The van der Waals surface area contributed by atoms with Gasteiger partial charge in [-0.05, 0) is 144 Å². The number of benzene rings is 1. The van der Waals surface area contributed by atoms with Gasteiger partial charge in [-0.1, -0.05) is 193 Å². The molecule has 1 aromatic carbocycles. The number of nitrogens with one attached hydrogen (secondary N) is 1. The fraction of sp³-hybridized carbons (Fsp3) is 0.562. The van der Waals surface area contributed by atoms with Crippen LogP contribution in [0.25, 0.3) is 10.9 Å². The summed E-state index contributed by atoms with van der Waals surface area (Å²) in [6.45, 7) is 49.5. The van der Waals surface area contributed by atoms with E-state index in [1.807, 2.05) is 67.1 Å². The third kappa shape index (κ3) is 27.9. The van der Waals surface area contributed by atoms with E-state index in [0.29, 0.717) is 16.7 Å². The van der Waals surface area contributed by atoms with E-state index in [4.69, 9.17) is 9.15 Å². The summed E-state index contributed by atoms with van der Waals surface area (Å²) in [5, 5.41) is 5.43. The number of nitrogens with zero attached hydrogens (tertiary/aromatic N) is 7. The second-order valence-corrected chi connectivity index (χ2v) is 28.2. The number of aromatic nitrogens is 6. The first-order valence-electron chi connectivity index (χ1n) is 28.5. The lowest BCUT2D eigenvalue weighted by atomic mass is 9.86. The highest BCUT2D eigenvalue weighted by Crippen LogP contribution is 2.29. The zero-order chi connectivity index (χ0) is 59.6. The number of hydrogen-bond acceptors (Lipinski definition) is 7. The number of anilines is 1. The van der Waals surface area contributed by atoms with Crippen LogP contribution in [-0.4, -0.2) is 62.3 Å².